The van der Waals surface area contributed by atoms with Crippen LogP contribution in [0, 0.1) is 0 Å². The van der Waals surface area contributed by atoms with Crippen LogP contribution in [0.2, 0.25) is 0 Å². The van der Waals surface area contributed by atoms with Crippen LogP contribution in [-0.2, 0) is 13.1 Å². The number of rotatable bonds is 3. The highest BCUT2D eigenvalue weighted by Gasteiger charge is 2.17. The minimum Gasteiger partial charge on any atom is -0.358 e. The van der Waals surface area contributed by atoms with Gasteiger partial charge in [-0.1, -0.05) is 6.07 Å². The summed E-state index contributed by atoms with van der Waals surface area (Å²) in [7, 11) is 4.14. The van der Waals surface area contributed by atoms with Gasteiger partial charge in [0.05, 0.1) is 5.69 Å². The number of fused-ring (bicyclic) bond motifs is 1. The highest BCUT2D eigenvalue weighted by atomic mass is 15.2. The highest BCUT2D eigenvalue weighted by molar-refractivity contribution is 5.42. The van der Waals surface area contributed by atoms with E-state index in [1.54, 1.807) is 0 Å². The summed E-state index contributed by atoms with van der Waals surface area (Å²) in [6.07, 6.45) is 0. The maximum absolute atomic E-state index is 5.52. The first kappa shape index (κ1) is 10.4. The molecule has 4 nitrogen and oxygen atoms in total. The Kier molecular flexibility index (Phi) is 2.88. The molecule has 0 unspecified atom stereocenters. The number of nitrogens with zero attached hydrogens (tertiary/aromatic N) is 3. The Bertz CT molecular complexity index is 350. The molecule has 0 aromatic carbocycles. The summed E-state index contributed by atoms with van der Waals surface area (Å²) in [5.41, 5.74) is 8.08. The Hall–Kier alpha value is -1.13. The topological polar surface area (TPSA) is 45.4 Å². The van der Waals surface area contributed by atoms with Gasteiger partial charge in [-0.2, -0.15) is 0 Å². The van der Waals surface area contributed by atoms with Crippen molar-refractivity contribution < 1.29 is 0 Å². The maximum Gasteiger partial charge on any atom is 0.128 e. The van der Waals surface area contributed by atoms with E-state index in [2.05, 4.69) is 34.0 Å². The van der Waals surface area contributed by atoms with Gasteiger partial charge in [0.15, 0.2) is 0 Å². The second-order valence-electron chi connectivity index (χ2n) is 4.16. The fourth-order valence-electron chi connectivity index (χ4n) is 1.92. The van der Waals surface area contributed by atoms with Gasteiger partial charge in [0.25, 0.3) is 0 Å². The van der Waals surface area contributed by atoms with Crippen molar-refractivity contribution in [2.24, 2.45) is 5.73 Å². The van der Waals surface area contributed by atoms with Crippen LogP contribution in [0.25, 0.3) is 0 Å². The zero-order chi connectivity index (χ0) is 10.8. The SMILES string of the molecule is CN1Cc2ccc(N(C)CCN)nc2C1. The lowest BCUT2D eigenvalue weighted by Crippen LogP contribution is -2.26. The summed E-state index contributed by atoms with van der Waals surface area (Å²) in [5.74, 6) is 1.02. The average Bonchev–Trinajstić information content (AvgIpc) is 2.57. The van der Waals surface area contributed by atoms with Gasteiger partial charge in [0, 0.05) is 33.2 Å². The summed E-state index contributed by atoms with van der Waals surface area (Å²) in [6, 6.07) is 4.25. The molecule has 0 saturated carbocycles. The van der Waals surface area contributed by atoms with Crippen molar-refractivity contribution in [2.75, 3.05) is 32.1 Å². The van der Waals surface area contributed by atoms with Gasteiger partial charge >= 0.3 is 0 Å². The van der Waals surface area contributed by atoms with Crippen molar-refractivity contribution in [3.63, 3.8) is 0 Å². The molecule has 0 spiro atoms. The van der Waals surface area contributed by atoms with Crippen LogP contribution in [0.5, 0.6) is 0 Å². The van der Waals surface area contributed by atoms with Crippen LogP contribution in [-0.4, -0.2) is 37.1 Å². The fraction of sp³-hybridized carbons (Fsp3) is 0.545. The number of nitrogens with two attached hydrogens (primary N) is 1. The third kappa shape index (κ3) is 2.11. The molecule has 1 aliphatic rings. The summed E-state index contributed by atoms with van der Waals surface area (Å²) < 4.78 is 0. The molecule has 1 aromatic heterocycles. The molecule has 2 N–H and O–H groups in total. The fourth-order valence-corrected chi connectivity index (χ4v) is 1.92. The second-order valence-corrected chi connectivity index (χ2v) is 4.16. The predicted molar refractivity (Wildman–Crippen MR) is 61.7 cm³/mol. The lowest BCUT2D eigenvalue weighted by molar-refractivity contribution is 0.351. The van der Waals surface area contributed by atoms with E-state index >= 15 is 0 Å². The standard InChI is InChI=1S/C11H18N4/c1-14-7-9-3-4-11(13-10(9)8-14)15(2)6-5-12/h3-4H,5-8,12H2,1-2H3. The number of pyridine rings is 1. The van der Waals surface area contributed by atoms with Crippen LogP contribution >= 0.6 is 0 Å². The van der Waals surface area contributed by atoms with Crippen molar-refractivity contribution >= 4 is 5.82 Å². The van der Waals surface area contributed by atoms with Gasteiger partial charge in [0.2, 0.25) is 0 Å². The molecule has 0 saturated heterocycles. The molecule has 0 amide bonds. The van der Waals surface area contributed by atoms with Crippen molar-refractivity contribution in [3.05, 3.63) is 23.4 Å². The highest BCUT2D eigenvalue weighted by Crippen LogP contribution is 2.22. The lowest BCUT2D eigenvalue weighted by atomic mass is 10.2. The van der Waals surface area contributed by atoms with Gasteiger partial charge in [-0.3, -0.25) is 4.90 Å². The predicted octanol–water partition coefficient (Wildman–Crippen LogP) is 0.422. The zero-order valence-electron chi connectivity index (χ0n) is 9.40. The van der Waals surface area contributed by atoms with Crippen LogP contribution in [0.15, 0.2) is 12.1 Å². The van der Waals surface area contributed by atoms with Gasteiger partial charge < -0.3 is 10.6 Å². The molecule has 1 aromatic rings. The minimum atomic E-state index is 0.662. The average molecular weight is 206 g/mol. The molecular formula is C11H18N4. The Labute approximate surface area is 90.7 Å². The Balaban J connectivity index is 2.19. The van der Waals surface area contributed by atoms with E-state index in [0.29, 0.717) is 6.54 Å². The second kappa shape index (κ2) is 4.16. The largest absolute Gasteiger partial charge is 0.358 e. The monoisotopic (exact) mass is 206 g/mol. The summed E-state index contributed by atoms with van der Waals surface area (Å²) >= 11 is 0. The first-order chi connectivity index (χ1) is 7.20. The van der Waals surface area contributed by atoms with Crippen molar-refractivity contribution in [2.45, 2.75) is 13.1 Å². The Morgan fingerprint density at radius 1 is 1.47 bits per heavy atom. The van der Waals surface area contributed by atoms with Gasteiger partial charge in [0.1, 0.15) is 5.82 Å². The van der Waals surface area contributed by atoms with E-state index in [1.165, 1.54) is 11.3 Å². The van der Waals surface area contributed by atoms with Crippen molar-refractivity contribution in [1.82, 2.24) is 9.88 Å². The molecule has 0 bridgehead atoms. The van der Waals surface area contributed by atoms with E-state index in [1.807, 2.05) is 7.05 Å². The summed E-state index contributed by atoms with van der Waals surface area (Å²) in [5, 5.41) is 0. The first-order valence-corrected chi connectivity index (χ1v) is 5.29. The molecular weight excluding hydrogens is 188 g/mol. The molecule has 0 radical (unpaired) electrons. The normalized spacial score (nSPS) is 15.4. The number of likely N-dealkylation sites (N-methyl/N-ethyl adjacent to an activating group) is 1. The third-order valence-electron chi connectivity index (χ3n) is 2.77. The maximum atomic E-state index is 5.52. The van der Waals surface area contributed by atoms with E-state index in [0.717, 1.165) is 25.5 Å². The number of anilines is 1. The number of aromatic nitrogens is 1. The van der Waals surface area contributed by atoms with Crippen LogP contribution < -0.4 is 10.6 Å². The van der Waals surface area contributed by atoms with Gasteiger partial charge in [-0.15, -0.1) is 0 Å². The van der Waals surface area contributed by atoms with Crippen LogP contribution in [0.3, 0.4) is 0 Å². The molecule has 4 heteroatoms. The molecule has 1 aliphatic heterocycles. The molecule has 15 heavy (non-hydrogen) atoms. The zero-order valence-corrected chi connectivity index (χ0v) is 9.40. The van der Waals surface area contributed by atoms with E-state index in [-0.39, 0.29) is 0 Å². The van der Waals surface area contributed by atoms with Gasteiger partial charge in [-0.25, -0.2) is 4.98 Å². The van der Waals surface area contributed by atoms with Crippen LogP contribution in [0.4, 0.5) is 5.82 Å². The number of hydrogen-bond acceptors (Lipinski definition) is 4. The van der Waals surface area contributed by atoms with E-state index in [9.17, 15) is 0 Å². The summed E-state index contributed by atoms with van der Waals surface area (Å²) in [6.45, 7) is 3.49. The lowest BCUT2D eigenvalue weighted by Gasteiger charge is -2.17. The van der Waals surface area contributed by atoms with E-state index in [4.69, 9.17) is 5.73 Å². The Morgan fingerprint density at radius 3 is 3.00 bits per heavy atom. The number of hydrogen-bond donors (Lipinski definition) is 1. The van der Waals surface area contributed by atoms with Crippen molar-refractivity contribution in [1.29, 1.82) is 0 Å². The van der Waals surface area contributed by atoms with E-state index < -0.39 is 0 Å². The quantitative estimate of drug-likeness (QED) is 0.778. The Morgan fingerprint density at radius 2 is 2.27 bits per heavy atom. The first-order valence-electron chi connectivity index (χ1n) is 5.29. The molecule has 0 aliphatic carbocycles. The molecule has 0 atom stereocenters. The minimum absolute atomic E-state index is 0.662. The summed E-state index contributed by atoms with van der Waals surface area (Å²) in [4.78, 5) is 9.01. The van der Waals surface area contributed by atoms with Crippen LogP contribution in [0.1, 0.15) is 11.3 Å². The molecule has 2 heterocycles. The molecule has 2 rings (SSSR count). The van der Waals surface area contributed by atoms with Gasteiger partial charge in [-0.05, 0) is 18.7 Å². The van der Waals surface area contributed by atoms with Crippen molar-refractivity contribution in [3.8, 4) is 0 Å². The smallest absolute Gasteiger partial charge is 0.128 e. The molecule has 82 valence electrons. The third-order valence-corrected chi connectivity index (χ3v) is 2.77. The molecule has 0 fully saturated rings.